The summed E-state index contributed by atoms with van der Waals surface area (Å²) in [6, 6.07) is 1.62. The summed E-state index contributed by atoms with van der Waals surface area (Å²) in [4.78, 5) is 5.41. The summed E-state index contributed by atoms with van der Waals surface area (Å²) in [5.74, 6) is 0. The fraction of sp³-hybridized carbons (Fsp3) is 1.00. The van der Waals surface area contributed by atoms with Crippen molar-refractivity contribution in [2.75, 3.05) is 52.5 Å². The van der Waals surface area contributed by atoms with Crippen molar-refractivity contribution in [3.63, 3.8) is 0 Å². The molecule has 2 saturated heterocycles. The molecule has 4 nitrogen and oxygen atoms in total. The number of rotatable bonds is 2. The molecule has 0 spiro atoms. The van der Waals surface area contributed by atoms with Crippen LogP contribution < -0.4 is 5.32 Å². The molecule has 2 heterocycles. The van der Waals surface area contributed by atoms with E-state index in [1.165, 1.54) is 45.4 Å². The van der Waals surface area contributed by atoms with Gasteiger partial charge in [-0.25, -0.2) is 0 Å². The number of nitrogens with zero attached hydrogens (tertiary/aromatic N) is 2. The lowest BCUT2D eigenvalue weighted by Gasteiger charge is -2.41. The molecule has 1 N–H and O–H groups in total. The highest BCUT2D eigenvalue weighted by Gasteiger charge is 2.36. The van der Waals surface area contributed by atoms with Gasteiger partial charge in [0.25, 0.3) is 0 Å². The molecule has 0 radical (unpaired) electrons. The zero-order chi connectivity index (χ0) is 11.5. The molecule has 4 heteroatoms. The van der Waals surface area contributed by atoms with Crippen molar-refractivity contribution in [2.45, 2.75) is 31.3 Å². The van der Waals surface area contributed by atoms with E-state index in [1.54, 1.807) is 0 Å². The van der Waals surface area contributed by atoms with Crippen LogP contribution >= 0.6 is 0 Å². The first-order chi connectivity index (χ1) is 8.45. The van der Waals surface area contributed by atoms with Crippen molar-refractivity contribution in [3.05, 3.63) is 0 Å². The minimum Gasteiger partial charge on any atom is -0.379 e. The van der Waals surface area contributed by atoms with Crippen LogP contribution in [0.2, 0.25) is 0 Å². The van der Waals surface area contributed by atoms with Crippen LogP contribution in [0, 0.1) is 0 Å². The van der Waals surface area contributed by atoms with E-state index >= 15 is 0 Å². The molecule has 98 valence electrons. The summed E-state index contributed by atoms with van der Waals surface area (Å²) < 4.78 is 5.47. The van der Waals surface area contributed by atoms with Gasteiger partial charge in [0.05, 0.1) is 13.2 Å². The third-order valence-corrected chi connectivity index (χ3v) is 4.58. The predicted octanol–water partition coefficient (Wildman–Crippen LogP) is 0.145. The van der Waals surface area contributed by atoms with Crippen molar-refractivity contribution >= 4 is 0 Å². The molecule has 0 bridgehead atoms. The smallest absolute Gasteiger partial charge is 0.0594 e. The average molecular weight is 239 g/mol. The van der Waals surface area contributed by atoms with Crippen molar-refractivity contribution in [2.24, 2.45) is 0 Å². The van der Waals surface area contributed by atoms with Crippen LogP contribution in [0.25, 0.3) is 0 Å². The Bertz CT molecular complexity index is 213. The van der Waals surface area contributed by atoms with E-state index < -0.39 is 0 Å². The number of nitrogens with one attached hydrogen (secondary N) is 1. The van der Waals surface area contributed by atoms with Gasteiger partial charge in [0, 0.05) is 51.4 Å². The van der Waals surface area contributed by atoms with E-state index in [0.29, 0.717) is 0 Å². The second-order valence-corrected chi connectivity index (χ2v) is 5.50. The molecule has 0 aromatic heterocycles. The fourth-order valence-corrected chi connectivity index (χ4v) is 3.70. The van der Waals surface area contributed by atoms with Gasteiger partial charge < -0.3 is 10.1 Å². The molecule has 1 saturated carbocycles. The van der Waals surface area contributed by atoms with E-state index in [1.807, 2.05) is 0 Å². The van der Waals surface area contributed by atoms with Crippen molar-refractivity contribution in [1.82, 2.24) is 15.1 Å². The van der Waals surface area contributed by atoms with Crippen LogP contribution in [0.15, 0.2) is 0 Å². The maximum Gasteiger partial charge on any atom is 0.0594 e. The van der Waals surface area contributed by atoms with Gasteiger partial charge >= 0.3 is 0 Å². The van der Waals surface area contributed by atoms with Crippen LogP contribution in [-0.2, 0) is 4.74 Å². The van der Waals surface area contributed by atoms with E-state index in [-0.39, 0.29) is 0 Å². The van der Waals surface area contributed by atoms with E-state index in [4.69, 9.17) is 4.74 Å². The Morgan fingerprint density at radius 1 is 0.824 bits per heavy atom. The Labute approximate surface area is 104 Å². The number of piperazine rings is 1. The highest BCUT2D eigenvalue weighted by Crippen LogP contribution is 2.29. The monoisotopic (exact) mass is 239 g/mol. The van der Waals surface area contributed by atoms with Crippen LogP contribution in [0.4, 0.5) is 0 Å². The molecule has 3 aliphatic rings. The fourth-order valence-electron chi connectivity index (χ4n) is 3.70. The summed E-state index contributed by atoms with van der Waals surface area (Å²) >= 11 is 0. The third-order valence-electron chi connectivity index (χ3n) is 4.58. The summed E-state index contributed by atoms with van der Waals surface area (Å²) in [5, 5.41) is 3.46. The molecule has 0 unspecified atom stereocenters. The van der Waals surface area contributed by atoms with Crippen LogP contribution in [-0.4, -0.2) is 74.4 Å². The zero-order valence-electron chi connectivity index (χ0n) is 10.7. The molecule has 2 aliphatic heterocycles. The Hall–Kier alpha value is -0.160. The molecule has 1 aliphatic carbocycles. The number of ether oxygens (including phenoxy) is 1. The Kier molecular flexibility index (Phi) is 3.96. The van der Waals surface area contributed by atoms with Gasteiger partial charge in [-0.05, 0) is 12.8 Å². The first-order valence-corrected chi connectivity index (χ1v) is 7.22. The number of hydrogen-bond acceptors (Lipinski definition) is 4. The SMILES string of the molecule is C1C[C@@H](N2CCNCC2)[C@@H](N2CCOCC2)C1. The van der Waals surface area contributed by atoms with Gasteiger partial charge in [0.2, 0.25) is 0 Å². The molecule has 2 atom stereocenters. The van der Waals surface area contributed by atoms with E-state index in [0.717, 1.165) is 38.4 Å². The second-order valence-electron chi connectivity index (χ2n) is 5.50. The first kappa shape index (κ1) is 11.9. The lowest BCUT2D eigenvalue weighted by Crippen LogP contribution is -2.56. The van der Waals surface area contributed by atoms with Crippen LogP contribution in [0.3, 0.4) is 0 Å². The number of hydrogen-bond donors (Lipinski definition) is 1. The highest BCUT2D eigenvalue weighted by molar-refractivity contribution is 4.93. The largest absolute Gasteiger partial charge is 0.379 e. The lowest BCUT2D eigenvalue weighted by atomic mass is 10.1. The van der Waals surface area contributed by atoms with Gasteiger partial charge in [-0.1, -0.05) is 6.42 Å². The minimum atomic E-state index is 0.803. The molecular formula is C13H25N3O. The van der Waals surface area contributed by atoms with Crippen LogP contribution in [0.1, 0.15) is 19.3 Å². The Morgan fingerprint density at radius 2 is 1.41 bits per heavy atom. The van der Waals surface area contributed by atoms with Gasteiger partial charge in [0.1, 0.15) is 0 Å². The molecule has 0 aromatic rings. The van der Waals surface area contributed by atoms with Crippen molar-refractivity contribution in [1.29, 1.82) is 0 Å². The maximum absolute atomic E-state index is 5.47. The molecule has 0 aromatic carbocycles. The molecule has 3 rings (SSSR count). The second kappa shape index (κ2) is 5.65. The third kappa shape index (κ3) is 2.65. The van der Waals surface area contributed by atoms with Gasteiger partial charge in [-0.15, -0.1) is 0 Å². The van der Waals surface area contributed by atoms with E-state index in [9.17, 15) is 0 Å². The van der Waals surface area contributed by atoms with Crippen molar-refractivity contribution < 1.29 is 4.74 Å². The van der Waals surface area contributed by atoms with Crippen molar-refractivity contribution in [3.8, 4) is 0 Å². The van der Waals surface area contributed by atoms with Gasteiger partial charge in [-0.2, -0.15) is 0 Å². The molecule has 3 fully saturated rings. The summed E-state index contributed by atoms with van der Waals surface area (Å²) in [6.07, 6.45) is 4.22. The molecule has 17 heavy (non-hydrogen) atoms. The minimum absolute atomic E-state index is 0.803. The molecule has 0 amide bonds. The maximum atomic E-state index is 5.47. The Morgan fingerprint density at radius 3 is 2.06 bits per heavy atom. The number of morpholine rings is 1. The normalized spacial score (nSPS) is 37.4. The Balaban J connectivity index is 1.61. The lowest BCUT2D eigenvalue weighted by molar-refractivity contribution is -0.00318. The highest BCUT2D eigenvalue weighted by atomic mass is 16.5. The summed E-state index contributed by atoms with van der Waals surface area (Å²) in [6.45, 7) is 8.99. The zero-order valence-corrected chi connectivity index (χ0v) is 10.7. The van der Waals surface area contributed by atoms with E-state index in [2.05, 4.69) is 15.1 Å². The summed E-state index contributed by atoms with van der Waals surface area (Å²) in [5.41, 5.74) is 0. The standard InChI is InChI=1S/C13H25N3O/c1-2-12(15-6-4-14-5-7-15)13(3-1)16-8-10-17-11-9-16/h12-14H,1-11H2/t12-,13+/m1/s1. The van der Waals surface area contributed by atoms with Gasteiger partial charge in [-0.3, -0.25) is 9.80 Å². The quantitative estimate of drug-likeness (QED) is 0.742. The average Bonchev–Trinajstić information content (AvgIpc) is 2.90. The topological polar surface area (TPSA) is 27.7 Å². The summed E-state index contributed by atoms with van der Waals surface area (Å²) in [7, 11) is 0. The van der Waals surface area contributed by atoms with Crippen LogP contribution in [0.5, 0.6) is 0 Å². The first-order valence-electron chi connectivity index (χ1n) is 7.22. The predicted molar refractivity (Wildman–Crippen MR) is 68.3 cm³/mol. The van der Waals surface area contributed by atoms with Gasteiger partial charge in [0.15, 0.2) is 0 Å². The molecular weight excluding hydrogens is 214 g/mol.